The largest absolute Gasteiger partial charge is 0.507 e. The van der Waals surface area contributed by atoms with Crippen LogP contribution in [0.4, 0.5) is 5.69 Å². The van der Waals surface area contributed by atoms with Gasteiger partial charge in [0.1, 0.15) is 5.76 Å². The Morgan fingerprint density at radius 2 is 1.67 bits per heavy atom. The van der Waals surface area contributed by atoms with Crippen LogP contribution in [0.15, 0.2) is 66.5 Å². The van der Waals surface area contributed by atoms with Gasteiger partial charge in [0.25, 0.3) is 11.7 Å². The highest BCUT2D eigenvalue weighted by molar-refractivity contribution is 6.51. The van der Waals surface area contributed by atoms with Gasteiger partial charge in [-0.2, -0.15) is 0 Å². The second-order valence-electron chi connectivity index (χ2n) is 8.93. The van der Waals surface area contributed by atoms with E-state index in [9.17, 15) is 14.7 Å². The third-order valence-corrected chi connectivity index (χ3v) is 6.71. The minimum Gasteiger partial charge on any atom is -0.507 e. The number of aryl methyl sites for hydroxylation is 4. The summed E-state index contributed by atoms with van der Waals surface area (Å²) in [6.45, 7) is 3.87. The number of carbonyl (C=O) groups is 2. The molecule has 0 radical (unpaired) electrons. The van der Waals surface area contributed by atoms with E-state index in [1.165, 1.54) is 22.4 Å². The summed E-state index contributed by atoms with van der Waals surface area (Å²) in [5, 5.41) is 11.4. The molecule has 3 aromatic rings. The maximum absolute atomic E-state index is 13.3. The summed E-state index contributed by atoms with van der Waals surface area (Å²) in [6, 6.07) is 14.5. The van der Waals surface area contributed by atoms with Crippen molar-refractivity contribution < 1.29 is 14.7 Å². The van der Waals surface area contributed by atoms with Crippen molar-refractivity contribution in [1.82, 2.24) is 4.98 Å². The van der Waals surface area contributed by atoms with Gasteiger partial charge in [-0.3, -0.25) is 19.5 Å². The number of nitrogens with zero attached hydrogens (tertiary/aromatic N) is 2. The minimum absolute atomic E-state index is 0.114. The fourth-order valence-electron chi connectivity index (χ4n) is 4.96. The smallest absolute Gasteiger partial charge is 0.300 e. The third kappa shape index (κ3) is 3.63. The fourth-order valence-corrected chi connectivity index (χ4v) is 4.96. The van der Waals surface area contributed by atoms with Crippen molar-refractivity contribution in [3.05, 3.63) is 99.9 Å². The number of Topliss-reactive ketones (excluding diaryl/α,β-unsaturated/α-hetero) is 1. The zero-order valence-electron chi connectivity index (χ0n) is 18.8. The Morgan fingerprint density at radius 3 is 2.42 bits per heavy atom. The SMILES string of the molecule is Cc1ccc(C)c(N2C(=O)C(=O)/C(=C(\O)c3ccc4c(c3)CCCC4)C2c2ccncc2)c1. The van der Waals surface area contributed by atoms with Crippen LogP contribution in [0.3, 0.4) is 0 Å². The molecule has 5 heteroatoms. The summed E-state index contributed by atoms with van der Waals surface area (Å²) < 4.78 is 0. The monoisotopic (exact) mass is 438 g/mol. The molecule has 2 aliphatic rings. The van der Waals surface area contributed by atoms with Gasteiger partial charge >= 0.3 is 0 Å². The molecule has 1 N–H and O–H groups in total. The molecular formula is C28H26N2O3. The second-order valence-corrected chi connectivity index (χ2v) is 8.93. The summed E-state index contributed by atoms with van der Waals surface area (Å²) in [7, 11) is 0. The first-order valence-corrected chi connectivity index (χ1v) is 11.4. The maximum atomic E-state index is 13.3. The number of fused-ring (bicyclic) bond motifs is 1. The van der Waals surface area contributed by atoms with Crippen molar-refractivity contribution >= 4 is 23.1 Å². The molecule has 166 valence electrons. The third-order valence-electron chi connectivity index (χ3n) is 6.71. The number of benzene rings is 2. The Labute approximate surface area is 193 Å². The van der Waals surface area contributed by atoms with Crippen LogP contribution in [0.1, 0.15) is 52.3 Å². The van der Waals surface area contributed by atoms with Crippen LogP contribution < -0.4 is 4.90 Å². The zero-order valence-corrected chi connectivity index (χ0v) is 18.8. The Hall–Kier alpha value is -3.73. The molecule has 1 atom stereocenters. The molecular weight excluding hydrogens is 412 g/mol. The number of aliphatic hydroxyl groups excluding tert-OH is 1. The Bertz CT molecular complexity index is 1290. The topological polar surface area (TPSA) is 70.5 Å². The van der Waals surface area contributed by atoms with Crippen molar-refractivity contribution in [2.45, 2.75) is 45.6 Å². The molecule has 1 aromatic heterocycles. The lowest BCUT2D eigenvalue weighted by Gasteiger charge is -2.27. The minimum atomic E-state index is -0.732. The van der Waals surface area contributed by atoms with E-state index in [1.54, 1.807) is 24.5 Å². The second kappa shape index (κ2) is 8.32. The molecule has 1 aliphatic carbocycles. The molecule has 2 aromatic carbocycles. The highest BCUT2D eigenvalue weighted by Gasteiger charge is 2.47. The van der Waals surface area contributed by atoms with Crippen LogP contribution in [0.25, 0.3) is 5.76 Å². The summed E-state index contributed by atoms with van der Waals surface area (Å²) in [4.78, 5) is 32.3. The van der Waals surface area contributed by atoms with Gasteiger partial charge in [0, 0.05) is 23.6 Å². The molecule has 0 saturated carbocycles. The van der Waals surface area contributed by atoms with Crippen molar-refractivity contribution in [2.75, 3.05) is 4.90 Å². The van der Waals surface area contributed by atoms with E-state index in [1.807, 2.05) is 50.2 Å². The average molecular weight is 439 g/mol. The van der Waals surface area contributed by atoms with E-state index in [4.69, 9.17) is 0 Å². The Kier molecular flexibility index (Phi) is 5.33. The van der Waals surface area contributed by atoms with Gasteiger partial charge in [-0.25, -0.2) is 0 Å². The number of carbonyl (C=O) groups excluding carboxylic acids is 2. The van der Waals surface area contributed by atoms with E-state index < -0.39 is 17.7 Å². The van der Waals surface area contributed by atoms with Crippen LogP contribution in [-0.2, 0) is 22.4 Å². The molecule has 0 spiro atoms. The van der Waals surface area contributed by atoms with Gasteiger partial charge in [-0.15, -0.1) is 0 Å². The van der Waals surface area contributed by atoms with Crippen LogP contribution in [0.5, 0.6) is 0 Å². The fraction of sp³-hybridized carbons (Fsp3) is 0.250. The number of hydrogen-bond donors (Lipinski definition) is 1. The first-order chi connectivity index (χ1) is 16.0. The van der Waals surface area contributed by atoms with E-state index in [0.717, 1.165) is 36.0 Å². The molecule has 1 unspecified atom stereocenters. The van der Waals surface area contributed by atoms with Crippen LogP contribution in [-0.4, -0.2) is 21.8 Å². The number of anilines is 1. The number of amides is 1. The number of rotatable bonds is 3. The van der Waals surface area contributed by atoms with Crippen molar-refractivity contribution in [3.8, 4) is 0 Å². The Morgan fingerprint density at radius 1 is 0.939 bits per heavy atom. The molecule has 33 heavy (non-hydrogen) atoms. The van der Waals surface area contributed by atoms with Gasteiger partial charge in [-0.1, -0.05) is 24.3 Å². The van der Waals surface area contributed by atoms with E-state index >= 15 is 0 Å². The number of pyridine rings is 1. The van der Waals surface area contributed by atoms with Crippen LogP contribution in [0, 0.1) is 13.8 Å². The van der Waals surface area contributed by atoms with Crippen LogP contribution in [0.2, 0.25) is 0 Å². The van der Waals surface area contributed by atoms with E-state index in [0.29, 0.717) is 11.3 Å². The lowest BCUT2D eigenvalue weighted by molar-refractivity contribution is -0.132. The van der Waals surface area contributed by atoms with Crippen molar-refractivity contribution in [1.29, 1.82) is 0 Å². The molecule has 5 rings (SSSR count). The molecule has 1 fully saturated rings. The van der Waals surface area contributed by atoms with Gasteiger partial charge in [0.05, 0.1) is 11.6 Å². The first-order valence-electron chi connectivity index (χ1n) is 11.4. The lowest BCUT2D eigenvalue weighted by atomic mass is 9.89. The van der Waals surface area contributed by atoms with Crippen molar-refractivity contribution in [2.24, 2.45) is 0 Å². The number of ketones is 1. The summed E-state index contributed by atoms with van der Waals surface area (Å²) >= 11 is 0. The average Bonchev–Trinajstić information content (AvgIpc) is 3.10. The zero-order chi connectivity index (χ0) is 23.1. The highest BCUT2D eigenvalue weighted by Crippen LogP contribution is 2.43. The summed E-state index contributed by atoms with van der Waals surface area (Å²) in [6.07, 6.45) is 7.55. The molecule has 1 aliphatic heterocycles. The predicted octanol–water partition coefficient (Wildman–Crippen LogP) is 5.20. The number of aliphatic hydroxyl groups is 1. The van der Waals surface area contributed by atoms with Gasteiger partial charge in [-0.05, 0) is 91.6 Å². The van der Waals surface area contributed by atoms with E-state index in [-0.39, 0.29) is 11.3 Å². The molecule has 0 bridgehead atoms. The van der Waals surface area contributed by atoms with E-state index in [2.05, 4.69) is 4.98 Å². The Balaban J connectivity index is 1.71. The lowest BCUT2D eigenvalue weighted by Crippen LogP contribution is -2.30. The van der Waals surface area contributed by atoms with Gasteiger partial charge in [0.2, 0.25) is 0 Å². The molecule has 1 amide bonds. The summed E-state index contributed by atoms with van der Waals surface area (Å²) in [5.74, 6) is -1.44. The predicted molar refractivity (Wildman–Crippen MR) is 128 cm³/mol. The first kappa shape index (κ1) is 21.1. The number of hydrogen-bond acceptors (Lipinski definition) is 4. The normalized spacial score (nSPS) is 19.6. The van der Waals surface area contributed by atoms with Gasteiger partial charge in [0.15, 0.2) is 0 Å². The molecule has 1 saturated heterocycles. The molecule has 2 heterocycles. The molecule has 5 nitrogen and oxygen atoms in total. The summed E-state index contributed by atoms with van der Waals surface area (Å²) in [5.41, 5.74) is 6.45. The maximum Gasteiger partial charge on any atom is 0.300 e. The quantitative estimate of drug-likeness (QED) is 0.346. The van der Waals surface area contributed by atoms with Crippen molar-refractivity contribution in [3.63, 3.8) is 0 Å². The number of aromatic nitrogens is 1. The van der Waals surface area contributed by atoms with Crippen LogP contribution >= 0.6 is 0 Å². The van der Waals surface area contributed by atoms with Gasteiger partial charge < -0.3 is 5.11 Å². The standard InChI is InChI=1S/C28H26N2O3/c1-17-7-8-18(2)23(15-17)30-25(20-11-13-29-14-12-20)24(27(32)28(30)33)26(31)22-10-9-19-5-3-4-6-21(19)16-22/h7-16,25,31H,3-6H2,1-2H3/b26-24-. The highest BCUT2D eigenvalue weighted by atomic mass is 16.3.